The molecule has 1 rings (SSSR count). The maximum Gasteiger partial charge on any atom is 0.433 e. The van der Waals surface area contributed by atoms with Crippen LogP contribution in [0.3, 0.4) is 0 Å². The Labute approximate surface area is 170 Å². The fourth-order valence-electron chi connectivity index (χ4n) is 2.37. The predicted octanol–water partition coefficient (Wildman–Crippen LogP) is 5.88. The first-order chi connectivity index (χ1) is 13.1. The van der Waals surface area contributed by atoms with Crippen LogP contribution in [0.1, 0.15) is 52.0 Å². The maximum atomic E-state index is 12.9. The van der Waals surface area contributed by atoms with Crippen LogP contribution in [0.4, 0.5) is 4.79 Å². The van der Waals surface area contributed by atoms with Gasteiger partial charge in [0.25, 0.3) is 0 Å². The normalized spacial score (nSPS) is 12.9. The van der Waals surface area contributed by atoms with Gasteiger partial charge in [-0.15, -0.1) is 6.58 Å². The zero-order valence-electron chi connectivity index (χ0n) is 17.9. The number of ether oxygens (including phenoxy) is 1. The van der Waals surface area contributed by atoms with Crippen molar-refractivity contribution in [3.05, 3.63) is 48.6 Å². The molecular weight excluding hydrogens is 370 g/mol. The summed E-state index contributed by atoms with van der Waals surface area (Å²) in [6.45, 7) is 14.4. The van der Waals surface area contributed by atoms with Gasteiger partial charge in [-0.3, -0.25) is 0 Å². The second kappa shape index (κ2) is 11.2. The highest BCUT2D eigenvalue weighted by atomic mass is 28.4. The zero-order chi connectivity index (χ0) is 21.2. The largest absolute Gasteiger partial charge is 0.443 e. The quantitative estimate of drug-likeness (QED) is 0.152. The standard InChI is InChI=1S/C22H35NO4Si/c1-7-8-10-15-20(16-17-24)23(27-28(5,6)22(2,3)4)21(25)26-18-19-13-11-9-12-14-19/h7,9,11-14,17,20H,1,8,10,15-16,18H2,2-6H3/t20-/m0/s1. The number of rotatable bonds is 11. The molecule has 28 heavy (non-hydrogen) atoms. The first-order valence-electron chi connectivity index (χ1n) is 9.86. The lowest BCUT2D eigenvalue weighted by Gasteiger charge is -2.41. The van der Waals surface area contributed by atoms with E-state index in [0.717, 1.165) is 24.7 Å². The van der Waals surface area contributed by atoms with Crippen LogP contribution in [0.2, 0.25) is 18.1 Å². The summed E-state index contributed by atoms with van der Waals surface area (Å²) in [6.07, 6.45) is 4.65. The van der Waals surface area contributed by atoms with E-state index in [2.05, 4.69) is 40.4 Å². The molecule has 0 N–H and O–H groups in total. The number of allylic oxidation sites excluding steroid dienone is 1. The van der Waals surface area contributed by atoms with Crippen molar-refractivity contribution in [2.24, 2.45) is 0 Å². The van der Waals surface area contributed by atoms with Crippen molar-refractivity contribution < 1.29 is 18.9 Å². The Hall–Kier alpha value is -1.92. The van der Waals surface area contributed by atoms with E-state index < -0.39 is 14.4 Å². The van der Waals surface area contributed by atoms with Gasteiger partial charge in [-0.25, -0.2) is 4.79 Å². The van der Waals surface area contributed by atoms with Crippen molar-refractivity contribution in [1.82, 2.24) is 5.06 Å². The Morgan fingerprint density at radius 2 is 1.89 bits per heavy atom. The molecule has 0 unspecified atom stereocenters. The second-order valence-corrected chi connectivity index (χ2v) is 13.2. The minimum atomic E-state index is -2.29. The van der Waals surface area contributed by atoms with Gasteiger partial charge >= 0.3 is 6.09 Å². The summed E-state index contributed by atoms with van der Waals surface area (Å²) in [5, 5.41) is 1.25. The van der Waals surface area contributed by atoms with Gasteiger partial charge in [-0.05, 0) is 43.0 Å². The van der Waals surface area contributed by atoms with Crippen molar-refractivity contribution in [2.75, 3.05) is 0 Å². The molecule has 0 aliphatic rings. The summed E-state index contributed by atoms with van der Waals surface area (Å²) >= 11 is 0. The molecule has 0 spiro atoms. The minimum absolute atomic E-state index is 0.0855. The predicted molar refractivity (Wildman–Crippen MR) is 115 cm³/mol. The lowest BCUT2D eigenvalue weighted by atomic mass is 10.1. The van der Waals surface area contributed by atoms with Gasteiger partial charge in [-0.1, -0.05) is 57.2 Å². The fraction of sp³-hybridized carbons (Fsp3) is 0.545. The molecule has 0 bridgehead atoms. The molecule has 0 aliphatic carbocycles. The smallest absolute Gasteiger partial charge is 0.433 e. The fourth-order valence-corrected chi connectivity index (χ4v) is 3.36. The van der Waals surface area contributed by atoms with Crippen LogP contribution < -0.4 is 0 Å². The highest BCUT2D eigenvalue weighted by molar-refractivity contribution is 6.74. The molecule has 1 amide bonds. The van der Waals surface area contributed by atoms with Gasteiger partial charge in [0.05, 0.1) is 6.04 Å². The Kier molecular flexibility index (Phi) is 9.62. The third kappa shape index (κ3) is 7.60. The van der Waals surface area contributed by atoms with Gasteiger partial charge in [0.1, 0.15) is 12.9 Å². The van der Waals surface area contributed by atoms with Crippen LogP contribution in [0.25, 0.3) is 0 Å². The van der Waals surface area contributed by atoms with Crippen molar-refractivity contribution in [2.45, 2.75) is 77.2 Å². The first-order valence-corrected chi connectivity index (χ1v) is 12.8. The number of hydrogen-bond donors (Lipinski definition) is 0. The molecule has 1 atom stereocenters. The van der Waals surface area contributed by atoms with E-state index in [4.69, 9.17) is 9.26 Å². The van der Waals surface area contributed by atoms with Gasteiger partial charge in [0, 0.05) is 6.42 Å². The summed E-state index contributed by atoms with van der Waals surface area (Å²) in [5.41, 5.74) is 0.904. The molecule has 6 heteroatoms. The molecule has 0 aliphatic heterocycles. The monoisotopic (exact) mass is 405 g/mol. The average Bonchev–Trinajstić information content (AvgIpc) is 2.63. The third-order valence-electron chi connectivity index (χ3n) is 5.16. The van der Waals surface area contributed by atoms with E-state index in [0.29, 0.717) is 6.42 Å². The number of hydrogen-bond acceptors (Lipinski definition) is 4. The van der Waals surface area contributed by atoms with Crippen molar-refractivity contribution in [1.29, 1.82) is 0 Å². The van der Waals surface area contributed by atoms with E-state index in [-0.39, 0.29) is 24.1 Å². The lowest BCUT2D eigenvalue weighted by molar-refractivity contribution is -0.117. The summed E-state index contributed by atoms with van der Waals surface area (Å²) in [4.78, 5) is 24.2. The first kappa shape index (κ1) is 24.1. The SMILES string of the molecule is C=CCCC[C@@H](CC=O)N(O[Si](C)(C)C(C)(C)C)C(=O)OCc1ccccc1. The molecule has 0 aromatic heterocycles. The van der Waals surface area contributed by atoms with Crippen LogP contribution in [0.5, 0.6) is 0 Å². The van der Waals surface area contributed by atoms with E-state index >= 15 is 0 Å². The number of unbranched alkanes of at least 4 members (excludes halogenated alkanes) is 1. The lowest BCUT2D eigenvalue weighted by Crippen LogP contribution is -2.52. The van der Waals surface area contributed by atoms with Gasteiger partial charge < -0.3 is 14.1 Å². The molecule has 5 nitrogen and oxygen atoms in total. The van der Waals surface area contributed by atoms with E-state index in [9.17, 15) is 9.59 Å². The summed E-state index contributed by atoms with van der Waals surface area (Å²) < 4.78 is 11.8. The summed E-state index contributed by atoms with van der Waals surface area (Å²) in [5.74, 6) is 0. The molecule has 0 radical (unpaired) electrons. The van der Waals surface area contributed by atoms with E-state index in [1.165, 1.54) is 5.06 Å². The van der Waals surface area contributed by atoms with Crippen LogP contribution in [0, 0.1) is 0 Å². The molecule has 1 aromatic rings. The van der Waals surface area contributed by atoms with Crippen molar-refractivity contribution in [3.63, 3.8) is 0 Å². The Morgan fingerprint density at radius 1 is 1.25 bits per heavy atom. The topological polar surface area (TPSA) is 55.8 Å². The highest BCUT2D eigenvalue weighted by Gasteiger charge is 2.42. The summed E-state index contributed by atoms with van der Waals surface area (Å²) in [7, 11) is -2.29. The van der Waals surface area contributed by atoms with Crippen LogP contribution in [0.15, 0.2) is 43.0 Å². The number of aldehydes is 1. The van der Waals surface area contributed by atoms with Crippen LogP contribution >= 0.6 is 0 Å². The summed E-state index contributed by atoms with van der Waals surface area (Å²) in [6, 6.07) is 9.17. The molecule has 0 saturated heterocycles. The van der Waals surface area contributed by atoms with E-state index in [1.54, 1.807) is 0 Å². The number of hydroxylamine groups is 2. The van der Waals surface area contributed by atoms with Crippen LogP contribution in [-0.4, -0.2) is 31.8 Å². The molecule has 0 heterocycles. The number of amides is 1. The third-order valence-corrected chi connectivity index (χ3v) is 9.43. The Bertz CT molecular complexity index is 625. The minimum Gasteiger partial charge on any atom is -0.443 e. The second-order valence-electron chi connectivity index (χ2n) is 8.49. The molecule has 0 fully saturated rings. The number of carbonyl (C=O) groups is 2. The zero-order valence-corrected chi connectivity index (χ0v) is 18.9. The number of carbonyl (C=O) groups excluding carboxylic acids is 2. The number of benzene rings is 1. The molecule has 1 aromatic carbocycles. The molecule has 156 valence electrons. The maximum absolute atomic E-state index is 12.9. The van der Waals surface area contributed by atoms with E-state index in [1.807, 2.05) is 36.4 Å². The Morgan fingerprint density at radius 3 is 2.43 bits per heavy atom. The molecular formula is C22H35NO4Si. The van der Waals surface area contributed by atoms with Gasteiger partial charge in [-0.2, -0.15) is 5.06 Å². The Balaban J connectivity index is 3.00. The number of nitrogens with zero attached hydrogens (tertiary/aromatic N) is 1. The van der Waals surface area contributed by atoms with Crippen LogP contribution in [-0.2, 0) is 20.7 Å². The van der Waals surface area contributed by atoms with Crippen molar-refractivity contribution in [3.8, 4) is 0 Å². The van der Waals surface area contributed by atoms with Gasteiger partial charge in [0.15, 0.2) is 0 Å². The van der Waals surface area contributed by atoms with Gasteiger partial charge in [0.2, 0.25) is 8.32 Å². The highest BCUT2D eigenvalue weighted by Crippen LogP contribution is 2.38. The molecule has 0 saturated carbocycles. The van der Waals surface area contributed by atoms with Crippen molar-refractivity contribution >= 4 is 20.7 Å². The average molecular weight is 406 g/mol.